The van der Waals surface area contributed by atoms with Gasteiger partial charge in [0.05, 0.1) is 5.92 Å². The Morgan fingerprint density at radius 1 is 1.39 bits per heavy atom. The van der Waals surface area contributed by atoms with Gasteiger partial charge in [0, 0.05) is 18.1 Å². The Hall–Kier alpha value is -1.06. The maximum atomic E-state index is 11.1. The minimum Gasteiger partial charge on any atom is -0.481 e. The molecule has 18 heavy (non-hydrogen) atoms. The lowest BCUT2D eigenvalue weighted by atomic mass is 9.97. The molecule has 0 radical (unpaired) electrons. The van der Waals surface area contributed by atoms with E-state index >= 15 is 0 Å². The zero-order valence-electron chi connectivity index (χ0n) is 10.8. The highest BCUT2D eigenvalue weighted by Gasteiger charge is 2.18. The molecule has 1 aromatic rings. The number of carbonyl (C=O) groups is 1. The van der Waals surface area contributed by atoms with Gasteiger partial charge in [-0.3, -0.25) is 4.79 Å². The molecule has 1 rings (SSSR count). The molecule has 0 amide bonds. The van der Waals surface area contributed by atoms with E-state index in [0.717, 1.165) is 5.56 Å². The summed E-state index contributed by atoms with van der Waals surface area (Å²) in [4.78, 5) is 11.1. The van der Waals surface area contributed by atoms with E-state index in [1.165, 1.54) is 0 Å². The van der Waals surface area contributed by atoms with Gasteiger partial charge >= 0.3 is 5.97 Å². The first-order valence-corrected chi connectivity index (χ1v) is 6.55. The number of aliphatic carboxylic acids is 1. The number of halogens is 1. The minimum atomic E-state index is -0.740. The van der Waals surface area contributed by atoms with Gasteiger partial charge in [-0.1, -0.05) is 43.6 Å². The third-order valence-electron chi connectivity index (χ3n) is 2.77. The van der Waals surface area contributed by atoms with Crippen molar-refractivity contribution < 1.29 is 9.90 Å². The molecule has 0 saturated carbocycles. The Bertz CT molecular complexity index is 393. The number of nitrogens with one attached hydrogen (secondary N) is 1. The molecule has 0 aromatic heterocycles. The molecule has 1 atom stereocenters. The van der Waals surface area contributed by atoms with Crippen molar-refractivity contribution in [2.75, 3.05) is 6.54 Å². The first kappa shape index (κ1) is 15.0. The summed E-state index contributed by atoms with van der Waals surface area (Å²) in [6.07, 6.45) is 0.685. The molecule has 100 valence electrons. The maximum absolute atomic E-state index is 11.1. The Morgan fingerprint density at radius 2 is 2.06 bits per heavy atom. The summed E-state index contributed by atoms with van der Waals surface area (Å²) in [6.45, 7) is 5.13. The third-order valence-corrected chi connectivity index (χ3v) is 3.14. The predicted molar refractivity (Wildman–Crippen MR) is 73.7 cm³/mol. The van der Waals surface area contributed by atoms with Crippen LogP contribution in [0.15, 0.2) is 24.3 Å². The average Bonchev–Trinajstić information content (AvgIpc) is 2.29. The zero-order valence-corrected chi connectivity index (χ0v) is 11.6. The van der Waals surface area contributed by atoms with Crippen LogP contribution >= 0.6 is 11.6 Å². The lowest BCUT2D eigenvalue weighted by molar-refractivity contribution is -0.142. The van der Waals surface area contributed by atoms with Crippen molar-refractivity contribution in [2.45, 2.75) is 26.8 Å². The highest BCUT2D eigenvalue weighted by atomic mass is 35.5. The Morgan fingerprint density at radius 3 is 2.61 bits per heavy atom. The molecule has 0 saturated heterocycles. The normalized spacial score (nSPS) is 12.7. The second-order valence-corrected chi connectivity index (χ2v) is 5.29. The summed E-state index contributed by atoms with van der Waals surface area (Å²) in [5.74, 6) is -0.698. The average molecular weight is 270 g/mol. The topological polar surface area (TPSA) is 49.3 Å². The molecule has 2 N–H and O–H groups in total. The van der Waals surface area contributed by atoms with Crippen LogP contribution < -0.4 is 5.32 Å². The van der Waals surface area contributed by atoms with E-state index in [1.807, 2.05) is 38.1 Å². The van der Waals surface area contributed by atoms with Gasteiger partial charge in [-0.25, -0.2) is 0 Å². The molecular weight excluding hydrogens is 250 g/mol. The summed E-state index contributed by atoms with van der Waals surface area (Å²) < 4.78 is 0. The smallest absolute Gasteiger partial charge is 0.307 e. The monoisotopic (exact) mass is 269 g/mol. The van der Waals surface area contributed by atoms with Crippen LogP contribution in [0.1, 0.15) is 25.8 Å². The molecule has 0 aliphatic heterocycles. The van der Waals surface area contributed by atoms with Crippen molar-refractivity contribution in [3.05, 3.63) is 34.9 Å². The number of hydrogen-bond acceptors (Lipinski definition) is 2. The largest absolute Gasteiger partial charge is 0.481 e. The molecule has 1 unspecified atom stereocenters. The van der Waals surface area contributed by atoms with Gasteiger partial charge in [0.1, 0.15) is 0 Å². The fourth-order valence-corrected chi connectivity index (χ4v) is 2.07. The lowest BCUT2D eigenvalue weighted by Gasteiger charge is -2.15. The van der Waals surface area contributed by atoms with E-state index in [0.29, 0.717) is 30.5 Å². The molecule has 0 bridgehead atoms. The number of benzene rings is 1. The molecule has 0 aliphatic rings. The minimum absolute atomic E-state index is 0.340. The van der Waals surface area contributed by atoms with Gasteiger partial charge in [0.25, 0.3) is 0 Å². The molecule has 0 heterocycles. The SMILES string of the molecule is CC(C)CC(CNCc1ccccc1Cl)C(=O)O. The van der Waals surface area contributed by atoms with Crippen LogP contribution in [0.25, 0.3) is 0 Å². The standard InChI is InChI=1S/C14H20ClNO2/c1-10(2)7-12(14(17)18)9-16-8-11-5-3-4-6-13(11)15/h3-6,10,12,16H,7-9H2,1-2H3,(H,17,18). The molecule has 1 aromatic carbocycles. The summed E-state index contributed by atoms with van der Waals surface area (Å²) in [5, 5.41) is 13.0. The highest BCUT2D eigenvalue weighted by Crippen LogP contribution is 2.15. The zero-order chi connectivity index (χ0) is 13.5. The molecule has 0 aliphatic carbocycles. The van der Waals surface area contributed by atoms with Crippen molar-refractivity contribution in [1.82, 2.24) is 5.32 Å². The second-order valence-electron chi connectivity index (χ2n) is 4.89. The van der Waals surface area contributed by atoms with Crippen molar-refractivity contribution in [1.29, 1.82) is 0 Å². The van der Waals surface area contributed by atoms with Gasteiger partial charge in [0.2, 0.25) is 0 Å². The van der Waals surface area contributed by atoms with Crippen LogP contribution in [0, 0.1) is 11.8 Å². The summed E-state index contributed by atoms with van der Waals surface area (Å²) in [7, 11) is 0. The fraction of sp³-hybridized carbons (Fsp3) is 0.500. The second kappa shape index (κ2) is 7.39. The maximum Gasteiger partial charge on any atom is 0.307 e. The van der Waals surface area contributed by atoms with Gasteiger partial charge < -0.3 is 10.4 Å². The van der Waals surface area contributed by atoms with Gasteiger partial charge in [0.15, 0.2) is 0 Å². The summed E-state index contributed by atoms with van der Waals surface area (Å²) in [5.41, 5.74) is 0.993. The Balaban J connectivity index is 2.44. The number of hydrogen-bond donors (Lipinski definition) is 2. The first-order valence-electron chi connectivity index (χ1n) is 6.17. The summed E-state index contributed by atoms with van der Waals surface area (Å²) in [6, 6.07) is 7.57. The highest BCUT2D eigenvalue weighted by molar-refractivity contribution is 6.31. The number of carboxylic acids is 1. The third kappa shape index (κ3) is 5.07. The first-order chi connectivity index (χ1) is 8.50. The van der Waals surface area contributed by atoms with E-state index < -0.39 is 5.97 Å². The predicted octanol–water partition coefficient (Wildman–Crippen LogP) is 3.18. The van der Waals surface area contributed by atoms with Crippen molar-refractivity contribution in [2.24, 2.45) is 11.8 Å². The van der Waals surface area contributed by atoms with Gasteiger partial charge in [-0.15, -0.1) is 0 Å². The van der Waals surface area contributed by atoms with E-state index in [2.05, 4.69) is 5.32 Å². The van der Waals surface area contributed by atoms with Crippen molar-refractivity contribution in [3.8, 4) is 0 Å². The quantitative estimate of drug-likeness (QED) is 0.799. The van der Waals surface area contributed by atoms with E-state index in [1.54, 1.807) is 0 Å². The molecular formula is C14H20ClNO2. The number of rotatable bonds is 7. The fourth-order valence-electron chi connectivity index (χ4n) is 1.86. The molecule has 3 nitrogen and oxygen atoms in total. The Kier molecular flexibility index (Phi) is 6.16. The van der Waals surface area contributed by atoms with Crippen LogP contribution in [0.2, 0.25) is 5.02 Å². The van der Waals surface area contributed by atoms with Crippen LogP contribution in [0.4, 0.5) is 0 Å². The van der Waals surface area contributed by atoms with Crippen molar-refractivity contribution >= 4 is 17.6 Å². The molecule has 0 spiro atoms. The van der Waals surface area contributed by atoms with E-state index in [4.69, 9.17) is 16.7 Å². The van der Waals surface area contributed by atoms with Crippen LogP contribution in [0.3, 0.4) is 0 Å². The summed E-state index contributed by atoms with van der Waals surface area (Å²) >= 11 is 6.03. The lowest BCUT2D eigenvalue weighted by Crippen LogP contribution is -2.29. The van der Waals surface area contributed by atoms with E-state index in [9.17, 15) is 4.79 Å². The Labute approximate surface area is 113 Å². The number of carboxylic acid groups (broad SMARTS) is 1. The van der Waals surface area contributed by atoms with Crippen LogP contribution in [-0.4, -0.2) is 17.6 Å². The van der Waals surface area contributed by atoms with Crippen LogP contribution in [-0.2, 0) is 11.3 Å². The van der Waals surface area contributed by atoms with Gasteiger partial charge in [-0.05, 0) is 24.0 Å². The van der Waals surface area contributed by atoms with Gasteiger partial charge in [-0.2, -0.15) is 0 Å². The van der Waals surface area contributed by atoms with E-state index in [-0.39, 0.29) is 5.92 Å². The van der Waals surface area contributed by atoms with Crippen molar-refractivity contribution in [3.63, 3.8) is 0 Å². The molecule has 4 heteroatoms. The molecule has 0 fully saturated rings. The van der Waals surface area contributed by atoms with Crippen LogP contribution in [0.5, 0.6) is 0 Å².